The first-order valence-electron chi connectivity index (χ1n) is 14.6. The van der Waals surface area contributed by atoms with Crippen LogP contribution in [0.5, 0.6) is 0 Å². The van der Waals surface area contributed by atoms with Gasteiger partial charge in [0.1, 0.15) is 11.6 Å². The van der Waals surface area contributed by atoms with Crippen LogP contribution in [-0.4, -0.2) is 58.5 Å². The first kappa shape index (κ1) is 28.4. The molecule has 0 unspecified atom stereocenters. The number of carbonyl (C=O) groups is 1. The Labute approximate surface area is 260 Å². The van der Waals surface area contributed by atoms with Crippen molar-refractivity contribution >= 4 is 28.7 Å². The molecule has 1 fully saturated rings. The number of carbonyl (C=O) groups excluding carboxylic acids is 1. The third-order valence-electron chi connectivity index (χ3n) is 7.96. The van der Waals surface area contributed by atoms with Gasteiger partial charge in [0.05, 0.1) is 5.69 Å². The van der Waals surface area contributed by atoms with E-state index >= 15 is 0 Å². The maximum absolute atomic E-state index is 13.7. The number of likely N-dealkylation sites (tertiary alicyclic amines) is 1. The van der Waals surface area contributed by atoms with E-state index < -0.39 is 17.3 Å². The number of nitriles is 1. The number of aromatic nitrogens is 7. The standard InChI is InChI=1S/C32H27N11O3/c33-17-25-26-27(43(40-25)23-8-5-7-20(16-23)28-37-30(34)39-38-28)29(44)42(32(46)36-26)31(45)35-22-12-10-19(11-13-22)24-9-2-1-6-21(24)18-41-14-3-4-15-41/h1-2,5-13,16H,3-4,14-15,18H2,(H,35,45)(H,36,46)(H3,34,37,38,39). The number of aromatic amines is 2. The molecular formula is C32H27N11O3. The van der Waals surface area contributed by atoms with Crippen LogP contribution >= 0.6 is 0 Å². The zero-order valence-corrected chi connectivity index (χ0v) is 24.4. The van der Waals surface area contributed by atoms with Gasteiger partial charge in [0.15, 0.2) is 17.0 Å². The van der Waals surface area contributed by atoms with Crippen molar-refractivity contribution in [1.82, 2.24) is 39.4 Å². The zero-order valence-electron chi connectivity index (χ0n) is 24.4. The number of rotatable bonds is 6. The summed E-state index contributed by atoms with van der Waals surface area (Å²) in [5.74, 6) is 0.503. The lowest BCUT2D eigenvalue weighted by atomic mass is 9.99. The summed E-state index contributed by atoms with van der Waals surface area (Å²) in [7, 11) is 0. The second kappa shape index (κ2) is 11.6. The van der Waals surface area contributed by atoms with Crippen LogP contribution in [0.2, 0.25) is 0 Å². The van der Waals surface area contributed by atoms with Crippen molar-refractivity contribution in [3.63, 3.8) is 0 Å². The van der Waals surface area contributed by atoms with E-state index in [-0.39, 0.29) is 22.7 Å². The first-order valence-corrected chi connectivity index (χ1v) is 14.6. The van der Waals surface area contributed by atoms with Gasteiger partial charge >= 0.3 is 11.7 Å². The summed E-state index contributed by atoms with van der Waals surface area (Å²) in [5, 5.41) is 24.3. The topological polar surface area (TPSA) is 196 Å². The number of amides is 1. The number of nitrogens with two attached hydrogens (primary N) is 1. The van der Waals surface area contributed by atoms with Gasteiger partial charge in [-0.15, -0.1) is 10.2 Å². The number of nitrogens with zero attached hydrogens (tertiary/aromatic N) is 7. The van der Waals surface area contributed by atoms with Crippen LogP contribution in [0.1, 0.15) is 24.1 Å². The van der Waals surface area contributed by atoms with E-state index in [2.05, 4.69) is 47.6 Å². The van der Waals surface area contributed by atoms with Gasteiger partial charge in [-0.2, -0.15) is 14.9 Å². The molecule has 3 aromatic carbocycles. The second-order valence-corrected chi connectivity index (χ2v) is 10.9. The predicted molar refractivity (Wildman–Crippen MR) is 171 cm³/mol. The molecule has 0 aliphatic carbocycles. The lowest BCUT2D eigenvalue weighted by Gasteiger charge is -2.18. The molecule has 1 amide bonds. The molecule has 228 valence electrons. The Morgan fingerprint density at radius 3 is 2.48 bits per heavy atom. The smallest absolute Gasteiger partial charge is 0.337 e. The van der Waals surface area contributed by atoms with Gasteiger partial charge < -0.3 is 21.0 Å². The lowest BCUT2D eigenvalue weighted by Crippen LogP contribution is -2.42. The summed E-state index contributed by atoms with van der Waals surface area (Å²) >= 11 is 0. The minimum absolute atomic E-state index is 0.0900. The molecule has 0 radical (unpaired) electrons. The molecule has 5 N–H and O–H groups in total. The zero-order chi connectivity index (χ0) is 31.8. The maximum Gasteiger partial charge on any atom is 0.337 e. The summed E-state index contributed by atoms with van der Waals surface area (Å²) in [6, 6.07) is 23.1. The van der Waals surface area contributed by atoms with Crippen LogP contribution in [0.25, 0.3) is 39.2 Å². The Balaban J connectivity index is 1.20. The van der Waals surface area contributed by atoms with Crippen LogP contribution in [0.4, 0.5) is 16.4 Å². The molecule has 3 aromatic heterocycles. The Kier molecular flexibility index (Phi) is 7.19. The largest absolute Gasteiger partial charge is 0.368 e. The molecule has 46 heavy (non-hydrogen) atoms. The minimum atomic E-state index is -1.01. The van der Waals surface area contributed by atoms with Crippen LogP contribution < -0.4 is 22.3 Å². The third-order valence-corrected chi connectivity index (χ3v) is 7.96. The van der Waals surface area contributed by atoms with Gasteiger partial charge in [-0.05, 0) is 66.9 Å². The minimum Gasteiger partial charge on any atom is -0.368 e. The van der Waals surface area contributed by atoms with Gasteiger partial charge in [0.25, 0.3) is 5.56 Å². The van der Waals surface area contributed by atoms with E-state index in [9.17, 15) is 19.6 Å². The average Bonchev–Trinajstić information content (AvgIpc) is 3.82. The molecule has 14 nitrogen and oxygen atoms in total. The van der Waals surface area contributed by atoms with Crippen LogP contribution in [0.3, 0.4) is 0 Å². The van der Waals surface area contributed by atoms with Crippen LogP contribution in [0.15, 0.2) is 82.4 Å². The number of hydrogen-bond acceptors (Lipinski definition) is 9. The highest BCUT2D eigenvalue weighted by Crippen LogP contribution is 2.27. The number of anilines is 2. The molecule has 6 aromatic rings. The summed E-state index contributed by atoms with van der Waals surface area (Å²) in [5.41, 5.74) is 7.90. The molecule has 1 aliphatic heterocycles. The van der Waals surface area contributed by atoms with Crippen molar-refractivity contribution in [2.45, 2.75) is 19.4 Å². The first-order chi connectivity index (χ1) is 22.4. The molecule has 4 heterocycles. The number of nitrogens with one attached hydrogen (secondary N) is 3. The van der Waals surface area contributed by atoms with E-state index in [1.165, 1.54) is 23.1 Å². The molecule has 7 rings (SSSR count). The monoisotopic (exact) mass is 613 g/mol. The number of nitrogen functional groups attached to an aromatic ring is 1. The number of H-pyrrole nitrogens is 2. The van der Waals surface area contributed by atoms with Gasteiger partial charge in [-0.1, -0.05) is 48.5 Å². The molecular weight excluding hydrogens is 586 g/mol. The summed E-state index contributed by atoms with van der Waals surface area (Å²) in [4.78, 5) is 47.9. The van der Waals surface area contributed by atoms with E-state index in [0.29, 0.717) is 27.3 Å². The molecule has 0 bridgehead atoms. The normalized spacial score (nSPS) is 13.2. The van der Waals surface area contributed by atoms with E-state index in [1.54, 1.807) is 36.4 Å². The fraction of sp³-hybridized carbons (Fsp3) is 0.156. The van der Waals surface area contributed by atoms with Crippen molar-refractivity contribution in [3.05, 3.63) is 105 Å². The van der Waals surface area contributed by atoms with E-state index in [1.807, 2.05) is 30.3 Å². The number of hydrogen-bond donors (Lipinski definition) is 4. The number of fused-ring (bicyclic) bond motifs is 1. The van der Waals surface area contributed by atoms with Crippen molar-refractivity contribution in [3.8, 4) is 34.3 Å². The fourth-order valence-corrected chi connectivity index (χ4v) is 5.77. The lowest BCUT2D eigenvalue weighted by molar-refractivity contribution is 0.252. The summed E-state index contributed by atoms with van der Waals surface area (Å²) in [6.07, 6.45) is 2.42. The van der Waals surface area contributed by atoms with Gasteiger partial charge in [0.2, 0.25) is 5.95 Å². The van der Waals surface area contributed by atoms with Crippen molar-refractivity contribution in [2.24, 2.45) is 0 Å². The molecule has 14 heteroatoms. The van der Waals surface area contributed by atoms with Crippen molar-refractivity contribution in [2.75, 3.05) is 24.1 Å². The average molecular weight is 614 g/mol. The SMILES string of the molecule is N#Cc1nn(-c2cccc(-c3nnc(N)[nH]3)c2)c2c(=O)n(C(=O)Nc3ccc(-c4ccccc4CN4CCCC4)cc3)c(=O)[nH]c12. The second-order valence-electron chi connectivity index (χ2n) is 10.9. The Hall–Kier alpha value is -6.33. The van der Waals surface area contributed by atoms with E-state index in [0.717, 1.165) is 30.8 Å². The molecule has 0 atom stereocenters. The van der Waals surface area contributed by atoms with Crippen LogP contribution in [-0.2, 0) is 6.54 Å². The fourth-order valence-electron chi connectivity index (χ4n) is 5.77. The quantitative estimate of drug-likeness (QED) is 0.217. The van der Waals surface area contributed by atoms with Gasteiger partial charge in [-0.3, -0.25) is 9.69 Å². The Morgan fingerprint density at radius 2 is 1.74 bits per heavy atom. The highest BCUT2D eigenvalue weighted by atomic mass is 16.2. The van der Waals surface area contributed by atoms with Gasteiger partial charge in [0, 0.05) is 17.8 Å². The van der Waals surface area contributed by atoms with Gasteiger partial charge in [-0.25, -0.2) is 14.3 Å². The molecule has 0 spiro atoms. The van der Waals surface area contributed by atoms with E-state index in [4.69, 9.17) is 5.73 Å². The highest BCUT2D eigenvalue weighted by Gasteiger charge is 2.23. The van der Waals surface area contributed by atoms with Crippen LogP contribution in [0, 0.1) is 11.3 Å². The maximum atomic E-state index is 13.7. The van der Waals surface area contributed by atoms with Crippen molar-refractivity contribution in [1.29, 1.82) is 5.26 Å². The Bertz CT molecular complexity index is 2270. The molecule has 0 saturated carbocycles. The summed E-state index contributed by atoms with van der Waals surface area (Å²) in [6.45, 7) is 3.05. The third kappa shape index (κ3) is 5.20. The summed E-state index contributed by atoms with van der Waals surface area (Å²) < 4.78 is 1.65. The highest BCUT2D eigenvalue weighted by molar-refractivity contribution is 5.93. The van der Waals surface area contributed by atoms with Crippen molar-refractivity contribution < 1.29 is 4.79 Å². The molecule has 1 saturated heterocycles. The predicted octanol–water partition coefficient (Wildman–Crippen LogP) is 3.46. The number of benzene rings is 3. The Morgan fingerprint density at radius 1 is 0.957 bits per heavy atom. The molecule has 1 aliphatic rings.